The van der Waals surface area contributed by atoms with Gasteiger partial charge in [0.1, 0.15) is 10.8 Å². The quantitative estimate of drug-likeness (QED) is 0.422. The molecule has 1 heterocycles. The second-order valence-corrected chi connectivity index (χ2v) is 7.91. The molecule has 0 bridgehead atoms. The average molecular weight is 417 g/mol. The number of amides is 1. The molecule has 0 saturated heterocycles. The summed E-state index contributed by atoms with van der Waals surface area (Å²) in [6.07, 6.45) is 0. The van der Waals surface area contributed by atoms with Gasteiger partial charge in [-0.1, -0.05) is 30.3 Å². The van der Waals surface area contributed by atoms with Gasteiger partial charge in [0.15, 0.2) is 12.4 Å². The third-order valence-electron chi connectivity index (χ3n) is 4.62. The van der Waals surface area contributed by atoms with Gasteiger partial charge < -0.3 is 10.1 Å². The number of hydrogen-bond donors (Lipinski definition) is 1. The zero-order chi connectivity index (χ0) is 21.1. The number of rotatable bonds is 6. The van der Waals surface area contributed by atoms with Gasteiger partial charge in [-0.15, -0.1) is 11.3 Å². The van der Waals surface area contributed by atoms with Gasteiger partial charge in [0.25, 0.3) is 5.91 Å². The molecule has 150 valence electrons. The van der Waals surface area contributed by atoms with E-state index in [4.69, 9.17) is 4.74 Å². The fourth-order valence-electron chi connectivity index (χ4n) is 3.15. The van der Waals surface area contributed by atoms with Crippen molar-refractivity contribution in [1.82, 2.24) is 4.98 Å². The monoisotopic (exact) mass is 416 g/mol. The van der Waals surface area contributed by atoms with Crippen molar-refractivity contribution in [1.29, 1.82) is 0 Å². The molecule has 0 radical (unpaired) electrons. The lowest BCUT2D eigenvalue weighted by atomic mass is 10.1. The average Bonchev–Trinajstić information content (AvgIpc) is 3.14. The lowest BCUT2D eigenvalue weighted by Gasteiger charge is -2.09. The van der Waals surface area contributed by atoms with Crippen molar-refractivity contribution in [2.75, 3.05) is 11.9 Å². The van der Waals surface area contributed by atoms with E-state index in [9.17, 15) is 9.59 Å². The highest BCUT2D eigenvalue weighted by Crippen LogP contribution is 2.29. The highest BCUT2D eigenvalue weighted by atomic mass is 32.1. The second kappa shape index (κ2) is 8.47. The maximum Gasteiger partial charge on any atom is 0.262 e. The summed E-state index contributed by atoms with van der Waals surface area (Å²) in [5.74, 6) is 0.386. The number of aryl methyl sites for hydroxylation is 1. The summed E-state index contributed by atoms with van der Waals surface area (Å²) in [5.41, 5.74) is 2.38. The standard InChI is InChI=1S/C24H20N2O3S/c1-15-23(16(2)27)30-24(25-15)18-8-11-21(12-9-18)29-14-22(28)26-20-10-7-17-5-3-4-6-19(17)13-20/h3-13H,14H2,1-2H3,(H,26,28). The Morgan fingerprint density at radius 1 is 1.00 bits per heavy atom. The van der Waals surface area contributed by atoms with Crippen molar-refractivity contribution in [3.05, 3.63) is 77.3 Å². The Hall–Kier alpha value is -3.51. The van der Waals surface area contributed by atoms with E-state index in [1.54, 1.807) is 19.1 Å². The van der Waals surface area contributed by atoms with Crippen LogP contribution in [0.4, 0.5) is 5.69 Å². The number of hydrogen-bond acceptors (Lipinski definition) is 5. The van der Waals surface area contributed by atoms with E-state index in [0.717, 1.165) is 32.7 Å². The SMILES string of the molecule is CC(=O)c1sc(-c2ccc(OCC(=O)Nc3ccc4ccccc4c3)cc2)nc1C. The van der Waals surface area contributed by atoms with Crippen LogP contribution in [0.25, 0.3) is 21.3 Å². The van der Waals surface area contributed by atoms with Gasteiger partial charge in [-0.3, -0.25) is 9.59 Å². The first-order valence-electron chi connectivity index (χ1n) is 9.50. The number of ketones is 1. The molecule has 0 spiro atoms. The molecule has 4 aromatic rings. The maximum atomic E-state index is 12.2. The molecule has 0 unspecified atom stereocenters. The molecule has 0 aliphatic rings. The number of carbonyl (C=O) groups excluding carboxylic acids is 2. The van der Waals surface area contributed by atoms with Crippen LogP contribution in [0.3, 0.4) is 0 Å². The van der Waals surface area contributed by atoms with Gasteiger partial charge in [-0.05, 0) is 54.1 Å². The van der Waals surface area contributed by atoms with Crippen molar-refractivity contribution in [3.63, 3.8) is 0 Å². The molecule has 0 aliphatic carbocycles. The predicted molar refractivity (Wildman–Crippen MR) is 120 cm³/mol. The Balaban J connectivity index is 1.37. The van der Waals surface area contributed by atoms with Crippen LogP contribution in [0.1, 0.15) is 22.3 Å². The summed E-state index contributed by atoms with van der Waals surface area (Å²) < 4.78 is 5.60. The molecule has 1 N–H and O–H groups in total. The molecular formula is C24H20N2O3S. The van der Waals surface area contributed by atoms with Crippen LogP contribution in [0.2, 0.25) is 0 Å². The highest BCUT2D eigenvalue weighted by molar-refractivity contribution is 7.17. The van der Waals surface area contributed by atoms with Gasteiger partial charge >= 0.3 is 0 Å². The van der Waals surface area contributed by atoms with Crippen LogP contribution in [-0.2, 0) is 4.79 Å². The van der Waals surface area contributed by atoms with Gasteiger partial charge in [0.2, 0.25) is 0 Å². The number of Topliss-reactive ketones (excluding diaryl/α,β-unsaturated/α-hetero) is 1. The van der Waals surface area contributed by atoms with Crippen molar-refractivity contribution >= 4 is 39.5 Å². The van der Waals surface area contributed by atoms with Crippen LogP contribution in [0, 0.1) is 6.92 Å². The number of nitrogens with zero attached hydrogens (tertiary/aromatic N) is 1. The molecule has 1 amide bonds. The molecular weight excluding hydrogens is 396 g/mol. The topological polar surface area (TPSA) is 68.3 Å². The zero-order valence-electron chi connectivity index (χ0n) is 16.6. The number of thiazole rings is 1. The molecule has 3 aromatic carbocycles. The van der Waals surface area contributed by atoms with E-state index < -0.39 is 0 Å². The number of aromatic nitrogens is 1. The summed E-state index contributed by atoms with van der Waals surface area (Å²) in [6.45, 7) is 3.30. The van der Waals surface area contributed by atoms with Crippen molar-refractivity contribution in [2.24, 2.45) is 0 Å². The van der Waals surface area contributed by atoms with E-state index in [0.29, 0.717) is 10.6 Å². The summed E-state index contributed by atoms with van der Waals surface area (Å²) in [5, 5.41) is 5.84. The van der Waals surface area contributed by atoms with Gasteiger partial charge in [0, 0.05) is 18.2 Å². The minimum absolute atomic E-state index is 0.0219. The minimum atomic E-state index is -0.226. The van der Waals surface area contributed by atoms with E-state index in [1.165, 1.54) is 11.3 Å². The number of anilines is 1. The lowest BCUT2D eigenvalue weighted by molar-refractivity contribution is -0.118. The first-order valence-corrected chi connectivity index (χ1v) is 10.3. The molecule has 0 fully saturated rings. The predicted octanol–water partition coefficient (Wildman–Crippen LogP) is 5.49. The Bertz CT molecular complexity index is 1230. The molecule has 0 aliphatic heterocycles. The Morgan fingerprint density at radius 2 is 1.73 bits per heavy atom. The summed E-state index contributed by atoms with van der Waals surface area (Å²) in [4.78, 5) is 29.0. The normalized spacial score (nSPS) is 10.7. The number of benzene rings is 3. The molecule has 4 rings (SSSR count). The van der Waals surface area contributed by atoms with Gasteiger partial charge in [0.05, 0.1) is 10.6 Å². The zero-order valence-corrected chi connectivity index (χ0v) is 17.5. The van der Waals surface area contributed by atoms with Gasteiger partial charge in [-0.2, -0.15) is 0 Å². The Morgan fingerprint density at radius 3 is 2.43 bits per heavy atom. The van der Waals surface area contributed by atoms with Crippen molar-refractivity contribution in [2.45, 2.75) is 13.8 Å². The smallest absolute Gasteiger partial charge is 0.262 e. The van der Waals surface area contributed by atoms with E-state index in [1.807, 2.05) is 61.5 Å². The van der Waals surface area contributed by atoms with Crippen LogP contribution in [0.5, 0.6) is 5.75 Å². The molecule has 30 heavy (non-hydrogen) atoms. The second-order valence-electron chi connectivity index (χ2n) is 6.91. The molecule has 1 aromatic heterocycles. The summed E-state index contributed by atoms with van der Waals surface area (Å²) in [7, 11) is 0. The third kappa shape index (κ3) is 4.39. The van der Waals surface area contributed by atoms with E-state index >= 15 is 0 Å². The number of nitrogens with one attached hydrogen (secondary N) is 1. The van der Waals surface area contributed by atoms with E-state index in [-0.39, 0.29) is 18.3 Å². The minimum Gasteiger partial charge on any atom is -0.484 e. The molecule has 6 heteroatoms. The number of carbonyl (C=O) groups is 2. The lowest BCUT2D eigenvalue weighted by Crippen LogP contribution is -2.20. The van der Waals surface area contributed by atoms with Crippen LogP contribution >= 0.6 is 11.3 Å². The molecule has 0 atom stereocenters. The van der Waals surface area contributed by atoms with Crippen LogP contribution in [0.15, 0.2) is 66.7 Å². The summed E-state index contributed by atoms with van der Waals surface area (Å²) >= 11 is 1.38. The highest BCUT2D eigenvalue weighted by Gasteiger charge is 2.13. The summed E-state index contributed by atoms with van der Waals surface area (Å²) in [6, 6.07) is 21.1. The third-order valence-corrected chi connectivity index (χ3v) is 5.93. The number of ether oxygens (including phenoxy) is 1. The fourth-order valence-corrected chi connectivity index (χ4v) is 4.12. The van der Waals surface area contributed by atoms with E-state index in [2.05, 4.69) is 10.3 Å². The van der Waals surface area contributed by atoms with Crippen LogP contribution in [-0.4, -0.2) is 23.3 Å². The first kappa shape index (κ1) is 19.8. The first-order chi connectivity index (χ1) is 14.5. The number of fused-ring (bicyclic) bond motifs is 1. The van der Waals surface area contributed by atoms with Crippen molar-refractivity contribution in [3.8, 4) is 16.3 Å². The van der Waals surface area contributed by atoms with Gasteiger partial charge in [-0.25, -0.2) is 4.98 Å². The Labute approximate surface area is 178 Å². The molecule has 5 nitrogen and oxygen atoms in total. The fraction of sp³-hybridized carbons (Fsp3) is 0.125. The van der Waals surface area contributed by atoms with Crippen molar-refractivity contribution < 1.29 is 14.3 Å². The Kier molecular flexibility index (Phi) is 5.59. The van der Waals surface area contributed by atoms with Crippen LogP contribution < -0.4 is 10.1 Å². The largest absolute Gasteiger partial charge is 0.484 e. The molecule has 0 saturated carbocycles. The maximum absolute atomic E-state index is 12.2.